The summed E-state index contributed by atoms with van der Waals surface area (Å²) in [5.74, 6) is 1.37. The van der Waals surface area contributed by atoms with Gasteiger partial charge in [0.05, 0.1) is 25.9 Å². The van der Waals surface area contributed by atoms with Crippen LogP contribution in [-0.2, 0) is 0 Å². The van der Waals surface area contributed by atoms with Gasteiger partial charge >= 0.3 is 0 Å². The topological polar surface area (TPSA) is 65.0 Å². The summed E-state index contributed by atoms with van der Waals surface area (Å²) in [5.41, 5.74) is 1.02. The van der Waals surface area contributed by atoms with Crippen LogP contribution in [0, 0.1) is 0 Å². The van der Waals surface area contributed by atoms with Gasteiger partial charge in [-0.25, -0.2) is 0 Å². The van der Waals surface area contributed by atoms with Crippen LogP contribution in [0.5, 0.6) is 23.0 Å². The number of phenolic OH excluding ortho intramolecular Hbond substituents is 1. The van der Waals surface area contributed by atoms with E-state index >= 15 is 0 Å². The molecule has 0 fully saturated rings. The number of hydrogen-bond donors (Lipinski definition) is 1. The molecular weight excluding hydrogens is 320 g/mol. The Morgan fingerprint density at radius 1 is 1.04 bits per heavy atom. The molecule has 5 heteroatoms. The number of carbonyl (C=O) groups excluding carboxylic acids is 1. The van der Waals surface area contributed by atoms with E-state index in [4.69, 9.17) is 14.2 Å². The van der Waals surface area contributed by atoms with Crippen molar-refractivity contribution in [2.45, 2.75) is 13.8 Å². The highest BCUT2D eigenvalue weighted by atomic mass is 16.5. The summed E-state index contributed by atoms with van der Waals surface area (Å²) < 4.78 is 16.0. The molecule has 0 aliphatic rings. The van der Waals surface area contributed by atoms with E-state index in [2.05, 4.69) is 0 Å². The fourth-order valence-electron chi connectivity index (χ4n) is 2.30. The van der Waals surface area contributed by atoms with Gasteiger partial charge in [-0.05, 0) is 49.8 Å². The molecule has 0 saturated carbocycles. The van der Waals surface area contributed by atoms with Gasteiger partial charge in [-0.3, -0.25) is 4.79 Å². The van der Waals surface area contributed by atoms with E-state index in [0.717, 1.165) is 5.56 Å². The molecule has 2 aromatic rings. The number of ether oxygens (including phenoxy) is 3. The first kappa shape index (κ1) is 18.4. The lowest BCUT2D eigenvalue weighted by atomic mass is 10.1. The Hall–Kier alpha value is -2.95. The van der Waals surface area contributed by atoms with Gasteiger partial charge in [0, 0.05) is 6.07 Å². The minimum atomic E-state index is -0.297. The zero-order valence-electron chi connectivity index (χ0n) is 14.6. The number of rotatable bonds is 8. The van der Waals surface area contributed by atoms with Crippen LogP contribution < -0.4 is 14.2 Å². The molecule has 0 amide bonds. The van der Waals surface area contributed by atoms with E-state index < -0.39 is 0 Å². The molecule has 1 N–H and O–H groups in total. The van der Waals surface area contributed by atoms with Gasteiger partial charge in [-0.1, -0.05) is 12.1 Å². The lowest BCUT2D eigenvalue weighted by Crippen LogP contribution is -1.97. The maximum absolute atomic E-state index is 12.3. The van der Waals surface area contributed by atoms with Gasteiger partial charge in [-0.15, -0.1) is 0 Å². The third kappa shape index (κ3) is 4.76. The second kappa shape index (κ2) is 8.78. The Bertz CT molecular complexity index is 765. The second-order valence-electron chi connectivity index (χ2n) is 5.15. The fraction of sp³-hybridized carbons (Fsp3) is 0.250. The lowest BCUT2D eigenvalue weighted by Gasteiger charge is -2.09. The number of ketones is 1. The number of methoxy groups -OCH3 is 1. The number of allylic oxidation sites excluding steroid dienone is 1. The van der Waals surface area contributed by atoms with E-state index in [1.807, 2.05) is 19.9 Å². The summed E-state index contributed by atoms with van der Waals surface area (Å²) in [6, 6.07) is 10.0. The van der Waals surface area contributed by atoms with Crippen molar-refractivity contribution in [3.63, 3.8) is 0 Å². The van der Waals surface area contributed by atoms with Gasteiger partial charge in [0.15, 0.2) is 17.3 Å². The van der Waals surface area contributed by atoms with Crippen molar-refractivity contribution in [2.24, 2.45) is 0 Å². The third-order valence-corrected chi connectivity index (χ3v) is 3.46. The molecule has 5 nitrogen and oxygen atoms in total. The second-order valence-corrected chi connectivity index (χ2v) is 5.15. The van der Waals surface area contributed by atoms with Crippen LogP contribution in [0.4, 0.5) is 0 Å². The molecular formula is C20H22O5. The average Bonchev–Trinajstić information content (AvgIpc) is 2.60. The smallest absolute Gasteiger partial charge is 0.189 e. The Balaban J connectivity index is 2.18. The van der Waals surface area contributed by atoms with E-state index in [1.54, 1.807) is 37.5 Å². The van der Waals surface area contributed by atoms with Crippen molar-refractivity contribution >= 4 is 11.9 Å². The largest absolute Gasteiger partial charge is 0.507 e. The highest BCUT2D eigenvalue weighted by molar-refractivity contribution is 6.08. The summed E-state index contributed by atoms with van der Waals surface area (Å²) >= 11 is 0. The SMILES string of the molecule is CCOc1ccc(C(=O)/C=C/c2ccc(OC)c(OCC)c2)c(O)c1. The van der Waals surface area contributed by atoms with Gasteiger partial charge in [0.25, 0.3) is 0 Å². The molecule has 2 rings (SSSR count). The molecule has 0 atom stereocenters. The first-order chi connectivity index (χ1) is 12.1. The highest BCUT2D eigenvalue weighted by Gasteiger charge is 2.10. The fourth-order valence-corrected chi connectivity index (χ4v) is 2.30. The molecule has 25 heavy (non-hydrogen) atoms. The molecule has 0 bridgehead atoms. The summed E-state index contributed by atoms with van der Waals surface area (Å²) in [6.07, 6.45) is 3.08. The first-order valence-corrected chi connectivity index (χ1v) is 8.08. The van der Waals surface area contributed by atoms with Crippen LogP contribution in [-0.4, -0.2) is 31.2 Å². The Labute approximate surface area is 147 Å². The minimum Gasteiger partial charge on any atom is -0.507 e. The number of aromatic hydroxyl groups is 1. The molecule has 0 radical (unpaired) electrons. The maximum atomic E-state index is 12.3. The van der Waals surface area contributed by atoms with Crippen molar-refractivity contribution in [3.8, 4) is 23.0 Å². The van der Waals surface area contributed by atoms with E-state index in [9.17, 15) is 9.90 Å². The predicted molar refractivity (Wildman–Crippen MR) is 96.8 cm³/mol. The molecule has 0 spiro atoms. The standard InChI is InChI=1S/C20H22O5/c1-4-24-15-8-9-16(18(22)13-15)17(21)10-6-14-7-11-19(23-3)20(12-14)25-5-2/h6-13,22H,4-5H2,1-3H3/b10-6+. The Morgan fingerprint density at radius 3 is 2.44 bits per heavy atom. The third-order valence-electron chi connectivity index (χ3n) is 3.46. The van der Waals surface area contributed by atoms with Crippen LogP contribution in [0.2, 0.25) is 0 Å². The monoisotopic (exact) mass is 342 g/mol. The molecule has 2 aromatic carbocycles. The zero-order valence-corrected chi connectivity index (χ0v) is 14.6. The van der Waals surface area contributed by atoms with E-state index in [-0.39, 0.29) is 17.1 Å². The Kier molecular flexibility index (Phi) is 6.46. The van der Waals surface area contributed by atoms with E-state index in [1.165, 1.54) is 12.1 Å². The summed E-state index contributed by atoms with van der Waals surface area (Å²) in [5, 5.41) is 10.00. The zero-order chi connectivity index (χ0) is 18.2. The number of phenols is 1. The summed E-state index contributed by atoms with van der Waals surface area (Å²) in [4.78, 5) is 12.3. The maximum Gasteiger partial charge on any atom is 0.189 e. The van der Waals surface area contributed by atoms with Gasteiger partial charge < -0.3 is 19.3 Å². The molecule has 0 aliphatic carbocycles. The molecule has 0 heterocycles. The predicted octanol–water partition coefficient (Wildman–Crippen LogP) is 4.09. The number of benzene rings is 2. The normalized spacial score (nSPS) is 10.7. The lowest BCUT2D eigenvalue weighted by molar-refractivity contribution is 0.104. The minimum absolute atomic E-state index is 0.106. The first-order valence-electron chi connectivity index (χ1n) is 8.08. The van der Waals surface area contributed by atoms with E-state index in [0.29, 0.717) is 30.5 Å². The van der Waals surface area contributed by atoms with Crippen LogP contribution in [0.25, 0.3) is 6.08 Å². The Morgan fingerprint density at radius 2 is 1.80 bits per heavy atom. The van der Waals surface area contributed by atoms with Crippen LogP contribution >= 0.6 is 0 Å². The summed E-state index contributed by atoms with van der Waals surface area (Å²) in [7, 11) is 1.57. The quantitative estimate of drug-likeness (QED) is 0.578. The average molecular weight is 342 g/mol. The molecule has 0 aliphatic heterocycles. The number of carbonyl (C=O) groups is 1. The summed E-state index contributed by atoms with van der Waals surface area (Å²) in [6.45, 7) is 4.75. The molecule has 0 aromatic heterocycles. The molecule has 132 valence electrons. The van der Waals surface area contributed by atoms with Gasteiger partial charge in [0.2, 0.25) is 0 Å². The van der Waals surface area contributed by atoms with Crippen LogP contribution in [0.1, 0.15) is 29.8 Å². The van der Waals surface area contributed by atoms with Crippen LogP contribution in [0.15, 0.2) is 42.5 Å². The molecule has 0 unspecified atom stereocenters. The highest BCUT2D eigenvalue weighted by Crippen LogP contribution is 2.29. The van der Waals surface area contributed by atoms with Crippen molar-refractivity contribution in [1.82, 2.24) is 0 Å². The van der Waals surface area contributed by atoms with Crippen molar-refractivity contribution < 1.29 is 24.1 Å². The van der Waals surface area contributed by atoms with Crippen LogP contribution in [0.3, 0.4) is 0 Å². The van der Waals surface area contributed by atoms with Gasteiger partial charge in [0.1, 0.15) is 11.5 Å². The van der Waals surface area contributed by atoms with Crippen molar-refractivity contribution in [2.75, 3.05) is 20.3 Å². The van der Waals surface area contributed by atoms with Crippen molar-refractivity contribution in [3.05, 3.63) is 53.6 Å². The molecule has 0 saturated heterocycles. The van der Waals surface area contributed by atoms with Gasteiger partial charge in [-0.2, -0.15) is 0 Å². The number of hydrogen-bond acceptors (Lipinski definition) is 5. The van der Waals surface area contributed by atoms with Crippen molar-refractivity contribution in [1.29, 1.82) is 0 Å².